The lowest BCUT2D eigenvalue weighted by molar-refractivity contribution is -0.149. The summed E-state index contributed by atoms with van der Waals surface area (Å²) in [5.41, 5.74) is 0.644. The summed E-state index contributed by atoms with van der Waals surface area (Å²) in [6.07, 6.45) is 2.47. The Balaban J connectivity index is 1.43. The average Bonchev–Trinajstić information content (AvgIpc) is 3.27. The molecule has 0 amide bonds. The largest absolute Gasteiger partial charge is 0.462 e. The van der Waals surface area contributed by atoms with Gasteiger partial charge in [-0.2, -0.15) is 0 Å². The van der Waals surface area contributed by atoms with Crippen molar-refractivity contribution in [3.05, 3.63) is 80.7 Å². The lowest BCUT2D eigenvalue weighted by atomic mass is 10.1. The molecule has 4 rings (SSSR count). The van der Waals surface area contributed by atoms with Gasteiger partial charge in [0.1, 0.15) is 18.0 Å². The number of pyridine rings is 1. The molecule has 13 heteroatoms. The van der Waals surface area contributed by atoms with Crippen molar-refractivity contribution in [1.29, 1.82) is 0 Å². The number of ether oxygens (including phenoxy) is 2. The van der Waals surface area contributed by atoms with E-state index < -0.39 is 38.0 Å². The van der Waals surface area contributed by atoms with Crippen LogP contribution in [0, 0.1) is 5.92 Å². The number of carbonyl (C=O) groups excluding carboxylic acids is 1. The van der Waals surface area contributed by atoms with Crippen LogP contribution in [-0.4, -0.2) is 45.4 Å². The molecular weight excluding hydrogens is 559 g/mol. The summed E-state index contributed by atoms with van der Waals surface area (Å²) in [6, 6.07) is 11.5. The Kier molecular flexibility index (Phi) is 10.1. The molecule has 3 aromatic rings. The zero-order chi connectivity index (χ0) is 28.8. The van der Waals surface area contributed by atoms with Crippen molar-refractivity contribution in [3.8, 4) is 17.0 Å². The van der Waals surface area contributed by atoms with E-state index in [1.165, 1.54) is 16.8 Å². The topological polar surface area (TPSA) is 134 Å². The molecule has 2 aromatic heterocycles. The molecule has 214 valence electrons. The van der Waals surface area contributed by atoms with Crippen LogP contribution < -0.4 is 20.9 Å². The molecule has 0 bridgehead atoms. The van der Waals surface area contributed by atoms with Crippen LogP contribution >= 0.6 is 20.1 Å². The van der Waals surface area contributed by atoms with E-state index in [4.69, 9.17) is 30.1 Å². The van der Waals surface area contributed by atoms with Crippen molar-refractivity contribution in [2.24, 2.45) is 5.92 Å². The normalized spacial score (nSPS) is 20.3. The number of halogens is 1. The molecule has 0 saturated carbocycles. The van der Waals surface area contributed by atoms with E-state index in [0.717, 1.165) is 11.3 Å². The molecule has 1 aromatic carbocycles. The summed E-state index contributed by atoms with van der Waals surface area (Å²) >= 11 is 5.94. The third kappa shape index (κ3) is 7.99. The number of carbonyl (C=O) groups is 1. The van der Waals surface area contributed by atoms with Gasteiger partial charge in [-0.15, -0.1) is 0 Å². The molecule has 1 fully saturated rings. The molecule has 0 aliphatic carbocycles. The molecule has 0 radical (unpaired) electrons. The van der Waals surface area contributed by atoms with Gasteiger partial charge in [-0.05, 0) is 63.6 Å². The predicted molar refractivity (Wildman–Crippen MR) is 151 cm³/mol. The molecule has 11 nitrogen and oxygen atoms in total. The van der Waals surface area contributed by atoms with Crippen molar-refractivity contribution in [2.45, 2.75) is 58.6 Å². The van der Waals surface area contributed by atoms with Gasteiger partial charge in [0, 0.05) is 29.9 Å². The Morgan fingerprint density at radius 1 is 1.20 bits per heavy atom. The third-order valence-electron chi connectivity index (χ3n) is 6.03. The van der Waals surface area contributed by atoms with Crippen molar-refractivity contribution in [3.63, 3.8) is 0 Å². The molecule has 3 heterocycles. The van der Waals surface area contributed by atoms with Crippen LogP contribution in [0.5, 0.6) is 5.75 Å². The van der Waals surface area contributed by atoms with Gasteiger partial charge in [0.15, 0.2) is 0 Å². The van der Waals surface area contributed by atoms with Crippen LogP contribution in [0.2, 0.25) is 5.02 Å². The first kappa shape index (κ1) is 29.9. The molecule has 4 unspecified atom stereocenters. The van der Waals surface area contributed by atoms with Gasteiger partial charge in [0.05, 0.1) is 29.5 Å². The van der Waals surface area contributed by atoms with Crippen LogP contribution in [0.3, 0.4) is 0 Å². The predicted octanol–water partition coefficient (Wildman–Crippen LogP) is 4.43. The number of aromatic nitrogens is 3. The fourth-order valence-electron chi connectivity index (χ4n) is 4.11. The molecule has 40 heavy (non-hydrogen) atoms. The van der Waals surface area contributed by atoms with Crippen LogP contribution in [0.1, 0.15) is 40.3 Å². The Bertz CT molecular complexity index is 1400. The highest BCUT2D eigenvalue weighted by molar-refractivity contribution is 7.45. The second kappa shape index (κ2) is 13.5. The number of rotatable bonds is 11. The second-order valence-corrected chi connectivity index (χ2v) is 11.4. The van der Waals surface area contributed by atoms with Crippen molar-refractivity contribution >= 4 is 26.1 Å². The van der Waals surface area contributed by atoms with Gasteiger partial charge in [0.2, 0.25) is 0 Å². The number of hydrogen-bond donors (Lipinski definition) is 2. The molecule has 1 saturated heterocycles. The number of nitrogens with zero attached hydrogens (tertiary/aromatic N) is 2. The lowest BCUT2D eigenvalue weighted by Crippen LogP contribution is -2.35. The zero-order valence-corrected chi connectivity index (χ0v) is 24.2. The zero-order valence-electron chi connectivity index (χ0n) is 22.6. The van der Waals surface area contributed by atoms with Gasteiger partial charge in [0.25, 0.3) is 5.56 Å². The number of nitrogens with one attached hydrogen (secondary N) is 2. The van der Waals surface area contributed by atoms with Gasteiger partial charge in [-0.25, -0.2) is 9.88 Å². The Morgan fingerprint density at radius 3 is 2.60 bits per heavy atom. The Morgan fingerprint density at radius 2 is 1.95 bits per heavy atom. The minimum absolute atomic E-state index is 0.00808. The first-order valence-electron chi connectivity index (χ1n) is 12.9. The molecule has 2 N–H and O–H groups in total. The monoisotopic (exact) mass is 590 g/mol. The minimum Gasteiger partial charge on any atom is -0.462 e. The summed E-state index contributed by atoms with van der Waals surface area (Å²) < 4.78 is 25.0. The number of H-pyrrole nitrogens is 1. The van der Waals surface area contributed by atoms with E-state index >= 15 is 0 Å². The summed E-state index contributed by atoms with van der Waals surface area (Å²) in [4.78, 5) is 42.7. The van der Waals surface area contributed by atoms with Gasteiger partial charge >= 0.3 is 20.2 Å². The van der Waals surface area contributed by atoms with E-state index in [1.54, 1.807) is 45.2 Å². The van der Waals surface area contributed by atoms with Crippen molar-refractivity contribution in [2.75, 3.05) is 6.61 Å². The second-order valence-electron chi connectivity index (χ2n) is 9.75. The third-order valence-corrected chi connectivity index (χ3v) is 7.61. The van der Waals surface area contributed by atoms with Gasteiger partial charge < -0.3 is 18.5 Å². The van der Waals surface area contributed by atoms with Crippen LogP contribution in [0.4, 0.5) is 0 Å². The lowest BCUT2D eigenvalue weighted by Gasteiger charge is -2.24. The van der Waals surface area contributed by atoms with Gasteiger partial charge in [-0.3, -0.25) is 24.1 Å². The summed E-state index contributed by atoms with van der Waals surface area (Å²) in [7, 11) is -1.79. The Labute approximate surface area is 237 Å². The fraction of sp³-hybridized carbons (Fsp3) is 0.407. The maximum atomic E-state index is 12.4. The van der Waals surface area contributed by atoms with Crippen LogP contribution in [0.15, 0.2) is 64.4 Å². The SMILES string of the molecule is CC(C)OC(=O)[C@H](C)NP(OCC1CC(C)C(n2ccc(=O)[nH]c2=O)O1)Oc1ccc(-c2ccc(Cl)cn2)cc1. The van der Waals surface area contributed by atoms with E-state index in [2.05, 4.69) is 15.1 Å². The molecule has 1 aliphatic rings. The number of benzene rings is 1. The van der Waals surface area contributed by atoms with Crippen molar-refractivity contribution < 1.29 is 23.3 Å². The number of esters is 1. The maximum absolute atomic E-state index is 12.4. The first-order valence-corrected chi connectivity index (χ1v) is 14.4. The molecule has 5 atom stereocenters. The number of aromatic amines is 1. The van der Waals surface area contributed by atoms with E-state index in [1.807, 2.05) is 25.1 Å². The minimum atomic E-state index is -1.79. The summed E-state index contributed by atoms with van der Waals surface area (Å²) in [5, 5.41) is 3.64. The van der Waals surface area contributed by atoms with E-state index in [9.17, 15) is 14.4 Å². The molecule has 0 spiro atoms. The van der Waals surface area contributed by atoms with E-state index in [0.29, 0.717) is 17.2 Å². The molecular formula is C27H32ClN4O7P. The van der Waals surface area contributed by atoms with Crippen molar-refractivity contribution in [1.82, 2.24) is 19.6 Å². The highest BCUT2D eigenvalue weighted by Crippen LogP contribution is 2.40. The first-order chi connectivity index (χ1) is 19.1. The smallest absolute Gasteiger partial charge is 0.330 e. The quantitative estimate of drug-likeness (QED) is 0.246. The van der Waals surface area contributed by atoms with Crippen LogP contribution in [-0.2, 0) is 18.8 Å². The standard InChI is InChI=1S/C27H32ClN4O7P/c1-16(2)37-26(34)18(4)31-40(39-21-8-5-19(6-9-21)23-10-7-20(28)14-29-23)36-15-22-13-17(3)25(38-22)32-12-11-24(33)30-27(32)35/h5-12,14,16-18,22,25,31H,13,15H2,1-4H3,(H,30,33,35)/t17?,18-,22?,25?,40?/m0/s1. The van der Waals surface area contributed by atoms with Gasteiger partial charge in [-0.1, -0.05) is 18.5 Å². The molecule has 1 aliphatic heterocycles. The number of hydrogen-bond acceptors (Lipinski definition) is 9. The Hall–Kier alpha value is -3.08. The summed E-state index contributed by atoms with van der Waals surface area (Å²) in [5.74, 6) is 0.0903. The maximum Gasteiger partial charge on any atom is 0.330 e. The highest BCUT2D eigenvalue weighted by Gasteiger charge is 2.35. The van der Waals surface area contributed by atoms with E-state index in [-0.39, 0.29) is 24.7 Å². The highest BCUT2D eigenvalue weighted by atomic mass is 35.5. The summed E-state index contributed by atoms with van der Waals surface area (Å²) in [6.45, 7) is 7.34. The van der Waals surface area contributed by atoms with Crippen LogP contribution in [0.25, 0.3) is 11.3 Å². The fourth-order valence-corrected chi connectivity index (χ4v) is 5.44. The average molecular weight is 591 g/mol.